The SMILES string of the molecule is N#CC1(c2ccccc2)CCN(c2c(C(=O)N3CCN(C(=O)C4CC4)CC3)cnc3ccc(Cl)cc23)CC1. The van der Waals surface area contributed by atoms with Crippen molar-refractivity contribution in [2.45, 2.75) is 31.1 Å². The van der Waals surface area contributed by atoms with Gasteiger partial charge in [-0.1, -0.05) is 41.9 Å². The summed E-state index contributed by atoms with van der Waals surface area (Å²) in [6, 6.07) is 18.2. The first-order valence-electron chi connectivity index (χ1n) is 13.4. The molecule has 3 fully saturated rings. The van der Waals surface area contributed by atoms with Gasteiger partial charge in [0.1, 0.15) is 0 Å². The molecule has 1 aromatic heterocycles. The van der Waals surface area contributed by atoms with E-state index in [0.717, 1.165) is 35.0 Å². The van der Waals surface area contributed by atoms with Crippen LogP contribution >= 0.6 is 11.6 Å². The first kappa shape index (κ1) is 24.7. The molecule has 2 aromatic carbocycles. The van der Waals surface area contributed by atoms with Gasteiger partial charge in [0.25, 0.3) is 5.91 Å². The molecule has 38 heavy (non-hydrogen) atoms. The summed E-state index contributed by atoms with van der Waals surface area (Å²) in [5.74, 6) is 0.342. The van der Waals surface area contributed by atoms with Crippen molar-refractivity contribution in [2.75, 3.05) is 44.2 Å². The Hall–Kier alpha value is -3.63. The topological polar surface area (TPSA) is 80.5 Å². The molecule has 194 valence electrons. The number of hydrogen-bond donors (Lipinski definition) is 0. The number of anilines is 1. The molecule has 1 saturated carbocycles. The van der Waals surface area contributed by atoms with Crippen molar-refractivity contribution in [1.29, 1.82) is 5.26 Å². The van der Waals surface area contributed by atoms with Crippen LogP contribution in [0.1, 0.15) is 41.6 Å². The van der Waals surface area contributed by atoms with E-state index >= 15 is 0 Å². The van der Waals surface area contributed by atoms with Crippen LogP contribution in [0.25, 0.3) is 10.9 Å². The molecule has 8 heteroatoms. The second-order valence-corrected chi connectivity index (χ2v) is 11.1. The first-order chi connectivity index (χ1) is 18.5. The van der Waals surface area contributed by atoms with E-state index in [1.54, 1.807) is 6.20 Å². The maximum atomic E-state index is 13.9. The number of amides is 2. The van der Waals surface area contributed by atoms with E-state index in [4.69, 9.17) is 11.6 Å². The van der Waals surface area contributed by atoms with Gasteiger partial charge in [-0.3, -0.25) is 14.6 Å². The van der Waals surface area contributed by atoms with E-state index in [9.17, 15) is 14.9 Å². The smallest absolute Gasteiger partial charge is 0.257 e. The Balaban J connectivity index is 1.29. The molecule has 0 radical (unpaired) electrons. The number of carbonyl (C=O) groups is 2. The largest absolute Gasteiger partial charge is 0.370 e. The highest BCUT2D eigenvalue weighted by Gasteiger charge is 2.39. The number of nitriles is 1. The first-order valence-corrected chi connectivity index (χ1v) is 13.7. The number of rotatable bonds is 4. The van der Waals surface area contributed by atoms with E-state index in [-0.39, 0.29) is 17.7 Å². The summed E-state index contributed by atoms with van der Waals surface area (Å²) in [4.78, 5) is 37.0. The van der Waals surface area contributed by atoms with Gasteiger partial charge < -0.3 is 14.7 Å². The van der Waals surface area contributed by atoms with Crippen molar-refractivity contribution in [2.24, 2.45) is 5.92 Å². The molecule has 0 N–H and O–H groups in total. The van der Waals surface area contributed by atoms with Gasteiger partial charge in [0.05, 0.1) is 28.3 Å². The summed E-state index contributed by atoms with van der Waals surface area (Å²) in [7, 11) is 0. The Kier molecular flexibility index (Phi) is 6.45. The van der Waals surface area contributed by atoms with Gasteiger partial charge in [0.15, 0.2) is 0 Å². The lowest BCUT2D eigenvalue weighted by atomic mass is 9.74. The number of piperidine rings is 1. The number of halogens is 1. The fraction of sp³-hybridized carbons (Fsp3) is 0.400. The summed E-state index contributed by atoms with van der Waals surface area (Å²) < 4.78 is 0. The Morgan fingerprint density at radius 3 is 2.29 bits per heavy atom. The average molecular weight is 528 g/mol. The number of pyridine rings is 1. The number of carbonyl (C=O) groups excluding carboxylic acids is 2. The van der Waals surface area contributed by atoms with E-state index in [1.165, 1.54) is 0 Å². The van der Waals surface area contributed by atoms with Crippen LogP contribution in [-0.2, 0) is 10.2 Å². The van der Waals surface area contributed by atoms with Crippen molar-refractivity contribution in [3.63, 3.8) is 0 Å². The summed E-state index contributed by atoms with van der Waals surface area (Å²) in [5, 5.41) is 11.6. The monoisotopic (exact) mass is 527 g/mol. The summed E-state index contributed by atoms with van der Waals surface area (Å²) in [6.07, 6.45) is 4.97. The van der Waals surface area contributed by atoms with E-state index in [1.807, 2.05) is 58.3 Å². The number of hydrogen-bond acceptors (Lipinski definition) is 5. The normalized spacial score (nSPS) is 19.3. The van der Waals surface area contributed by atoms with Gasteiger partial charge in [-0.15, -0.1) is 0 Å². The third-order valence-corrected chi connectivity index (χ3v) is 8.55. The maximum Gasteiger partial charge on any atom is 0.257 e. The van der Waals surface area contributed by atoms with E-state index in [0.29, 0.717) is 62.7 Å². The third kappa shape index (κ3) is 4.48. The zero-order chi connectivity index (χ0) is 26.3. The lowest BCUT2D eigenvalue weighted by molar-refractivity contribution is -0.134. The molecular formula is C30H30ClN5O2. The minimum Gasteiger partial charge on any atom is -0.370 e. The van der Waals surface area contributed by atoms with Crippen molar-refractivity contribution < 1.29 is 9.59 Å². The van der Waals surface area contributed by atoms with Gasteiger partial charge in [-0.05, 0) is 49.4 Å². The van der Waals surface area contributed by atoms with Crippen LogP contribution in [0.3, 0.4) is 0 Å². The second-order valence-electron chi connectivity index (χ2n) is 10.6. The molecule has 6 rings (SSSR count). The number of benzene rings is 2. The number of nitrogens with zero attached hydrogens (tertiary/aromatic N) is 5. The number of aromatic nitrogens is 1. The predicted molar refractivity (Wildman–Crippen MR) is 147 cm³/mol. The lowest BCUT2D eigenvalue weighted by Gasteiger charge is -2.40. The molecule has 0 bridgehead atoms. The summed E-state index contributed by atoms with van der Waals surface area (Å²) >= 11 is 6.41. The molecule has 0 atom stereocenters. The maximum absolute atomic E-state index is 13.9. The zero-order valence-corrected chi connectivity index (χ0v) is 22.0. The van der Waals surface area contributed by atoms with Crippen LogP contribution in [-0.4, -0.2) is 65.9 Å². The fourth-order valence-corrected chi connectivity index (χ4v) is 6.04. The Bertz CT molecular complexity index is 1420. The molecule has 0 unspecified atom stereocenters. The van der Waals surface area contributed by atoms with Crippen LogP contribution in [0.2, 0.25) is 5.02 Å². The minimum absolute atomic E-state index is 0.0759. The molecular weight excluding hydrogens is 498 g/mol. The zero-order valence-electron chi connectivity index (χ0n) is 21.3. The van der Waals surface area contributed by atoms with Gasteiger partial charge in [0, 0.05) is 61.8 Å². The highest BCUT2D eigenvalue weighted by molar-refractivity contribution is 6.31. The van der Waals surface area contributed by atoms with Crippen molar-refractivity contribution in [3.05, 3.63) is 70.9 Å². The standard InChI is InChI=1S/C30H30ClN5O2/c31-23-8-9-26-24(18-23)27(34-12-10-30(20-32,11-13-34)22-4-2-1-3-5-22)25(19-33-26)29(38)36-16-14-35(15-17-36)28(37)21-6-7-21/h1-5,8-9,18-19,21H,6-7,10-17H2. The van der Waals surface area contributed by atoms with Crippen LogP contribution < -0.4 is 4.90 Å². The molecule has 7 nitrogen and oxygen atoms in total. The molecule has 2 saturated heterocycles. The summed E-state index contributed by atoms with van der Waals surface area (Å²) in [5.41, 5.74) is 2.65. The Morgan fingerprint density at radius 1 is 0.947 bits per heavy atom. The highest BCUT2D eigenvalue weighted by atomic mass is 35.5. The van der Waals surface area contributed by atoms with Crippen molar-refractivity contribution >= 4 is 40.0 Å². The van der Waals surface area contributed by atoms with Gasteiger partial charge in [-0.2, -0.15) is 5.26 Å². The molecule has 3 heterocycles. The Labute approximate surface area is 227 Å². The van der Waals surface area contributed by atoms with E-state index < -0.39 is 5.41 Å². The van der Waals surface area contributed by atoms with Crippen LogP contribution in [0.4, 0.5) is 5.69 Å². The van der Waals surface area contributed by atoms with Gasteiger partial charge in [0.2, 0.25) is 5.91 Å². The van der Waals surface area contributed by atoms with E-state index in [2.05, 4.69) is 16.0 Å². The van der Waals surface area contributed by atoms with Gasteiger partial charge in [-0.25, -0.2) is 0 Å². The lowest BCUT2D eigenvalue weighted by Crippen LogP contribution is -2.51. The Morgan fingerprint density at radius 2 is 1.63 bits per heavy atom. The van der Waals surface area contributed by atoms with Crippen LogP contribution in [0.15, 0.2) is 54.7 Å². The van der Waals surface area contributed by atoms with Crippen molar-refractivity contribution in [3.8, 4) is 6.07 Å². The third-order valence-electron chi connectivity index (χ3n) is 8.31. The van der Waals surface area contributed by atoms with Crippen LogP contribution in [0.5, 0.6) is 0 Å². The second kappa shape index (κ2) is 9.92. The quantitative estimate of drug-likeness (QED) is 0.493. The predicted octanol–water partition coefficient (Wildman–Crippen LogP) is 4.64. The minimum atomic E-state index is -0.549. The highest BCUT2D eigenvalue weighted by Crippen LogP contribution is 2.40. The molecule has 0 spiro atoms. The fourth-order valence-electron chi connectivity index (χ4n) is 5.87. The molecule has 1 aliphatic carbocycles. The van der Waals surface area contributed by atoms with Gasteiger partial charge >= 0.3 is 0 Å². The number of fused-ring (bicyclic) bond motifs is 1. The summed E-state index contributed by atoms with van der Waals surface area (Å²) in [6.45, 7) is 3.42. The molecule has 2 aliphatic heterocycles. The molecule has 3 aliphatic rings. The van der Waals surface area contributed by atoms with Crippen molar-refractivity contribution in [1.82, 2.24) is 14.8 Å². The number of piperazine rings is 1. The average Bonchev–Trinajstić information content (AvgIpc) is 3.82. The molecule has 2 amide bonds. The molecule has 3 aromatic rings. The van der Waals surface area contributed by atoms with Crippen LogP contribution in [0, 0.1) is 17.2 Å².